The van der Waals surface area contributed by atoms with Crippen LogP contribution in [0.2, 0.25) is 19.6 Å². The molecule has 0 spiro atoms. The van der Waals surface area contributed by atoms with Gasteiger partial charge in [0.05, 0.1) is 6.04 Å². The molecule has 3 rings (SSSR count). The van der Waals surface area contributed by atoms with E-state index in [0.29, 0.717) is 11.5 Å². The fourth-order valence-corrected chi connectivity index (χ4v) is 5.59. The lowest BCUT2D eigenvalue weighted by Gasteiger charge is -2.63. The van der Waals surface area contributed by atoms with Crippen LogP contribution in [0, 0.1) is 5.92 Å². The van der Waals surface area contributed by atoms with Crippen LogP contribution in [-0.2, 0) is 9.16 Å². The Bertz CT molecular complexity index is 819. The fourth-order valence-electron chi connectivity index (χ4n) is 4.30. The van der Waals surface area contributed by atoms with E-state index >= 15 is 0 Å². The third-order valence-electron chi connectivity index (χ3n) is 5.31. The second kappa shape index (κ2) is 8.42. The minimum Gasteiger partial charge on any atom is -0.387 e. The van der Waals surface area contributed by atoms with E-state index in [-0.39, 0.29) is 18.0 Å². The topological polar surface area (TPSA) is 38.8 Å². The quantitative estimate of drug-likeness (QED) is 0.446. The molecular formula is C24H33NO3Si. The van der Waals surface area contributed by atoms with Gasteiger partial charge in [-0.3, -0.25) is 4.79 Å². The highest BCUT2D eigenvalue weighted by Gasteiger charge is 2.65. The van der Waals surface area contributed by atoms with Gasteiger partial charge >= 0.3 is 0 Å². The summed E-state index contributed by atoms with van der Waals surface area (Å²) in [4.78, 5) is 15.6. The van der Waals surface area contributed by atoms with Crippen LogP contribution in [0.25, 0.3) is 0 Å². The van der Waals surface area contributed by atoms with Crippen LogP contribution in [0.4, 0.5) is 0 Å². The first kappa shape index (κ1) is 21.7. The Labute approximate surface area is 176 Å². The van der Waals surface area contributed by atoms with Gasteiger partial charge in [0.15, 0.2) is 8.32 Å². The zero-order chi connectivity index (χ0) is 21.2. The molecule has 0 saturated carbocycles. The summed E-state index contributed by atoms with van der Waals surface area (Å²) in [5, 5.41) is 0. The number of hydrogen-bond donors (Lipinski definition) is 0. The van der Waals surface area contributed by atoms with Gasteiger partial charge in [0.1, 0.15) is 6.04 Å². The van der Waals surface area contributed by atoms with E-state index in [1.807, 2.05) is 53.4 Å². The number of carbonyl (C=O) groups excluding carboxylic acids is 1. The smallest absolute Gasteiger partial charge is 0.254 e. The lowest BCUT2D eigenvalue weighted by Crippen LogP contribution is -2.76. The molecule has 0 aromatic heterocycles. The van der Waals surface area contributed by atoms with Crippen molar-refractivity contribution in [2.75, 3.05) is 7.11 Å². The molecule has 5 heteroatoms. The summed E-state index contributed by atoms with van der Waals surface area (Å²) in [5.74, 6) is -0.403. The van der Waals surface area contributed by atoms with Gasteiger partial charge < -0.3 is 14.1 Å². The molecule has 2 aromatic rings. The van der Waals surface area contributed by atoms with Crippen molar-refractivity contribution in [1.29, 1.82) is 0 Å². The second-order valence-electron chi connectivity index (χ2n) is 9.18. The van der Waals surface area contributed by atoms with Crippen LogP contribution in [0.5, 0.6) is 0 Å². The first-order chi connectivity index (χ1) is 13.7. The van der Waals surface area contributed by atoms with Crippen molar-refractivity contribution in [1.82, 2.24) is 4.90 Å². The van der Waals surface area contributed by atoms with Crippen molar-refractivity contribution < 1.29 is 14.0 Å². The number of carbonyl (C=O) groups is 1. The predicted molar refractivity (Wildman–Crippen MR) is 119 cm³/mol. The molecule has 1 aliphatic heterocycles. The minimum absolute atomic E-state index is 0.0250. The summed E-state index contributed by atoms with van der Waals surface area (Å²) in [7, 11) is -0.241. The number of likely N-dealkylation sites (tertiary alicyclic amines) is 1. The molecule has 1 heterocycles. The molecule has 2 aromatic carbocycles. The molecular weight excluding hydrogens is 378 g/mol. The molecule has 0 unspecified atom stereocenters. The summed E-state index contributed by atoms with van der Waals surface area (Å²) in [5.41, 5.74) is 1.73. The Morgan fingerprint density at radius 2 is 1.59 bits per heavy atom. The zero-order valence-corrected chi connectivity index (χ0v) is 19.4. The average molecular weight is 412 g/mol. The van der Waals surface area contributed by atoms with Gasteiger partial charge in [0.2, 0.25) is 5.79 Å². The van der Waals surface area contributed by atoms with Gasteiger partial charge in [-0.05, 0) is 49.7 Å². The summed E-state index contributed by atoms with van der Waals surface area (Å²) in [6, 6.07) is 19.2. The largest absolute Gasteiger partial charge is 0.387 e. The monoisotopic (exact) mass is 411 g/mol. The Kier molecular flexibility index (Phi) is 6.32. The molecule has 0 bridgehead atoms. The second-order valence-corrected chi connectivity index (χ2v) is 13.6. The van der Waals surface area contributed by atoms with Crippen LogP contribution in [0.15, 0.2) is 60.7 Å². The molecule has 0 radical (unpaired) electrons. The molecule has 0 N–H and O–H groups in total. The van der Waals surface area contributed by atoms with Gasteiger partial charge in [-0.15, -0.1) is 0 Å². The van der Waals surface area contributed by atoms with Gasteiger partial charge in [-0.2, -0.15) is 0 Å². The van der Waals surface area contributed by atoms with E-state index in [1.165, 1.54) is 0 Å². The van der Waals surface area contributed by atoms with Crippen molar-refractivity contribution in [2.24, 2.45) is 5.92 Å². The van der Waals surface area contributed by atoms with Crippen LogP contribution >= 0.6 is 0 Å². The van der Waals surface area contributed by atoms with Gasteiger partial charge in [-0.25, -0.2) is 0 Å². The molecule has 1 fully saturated rings. The van der Waals surface area contributed by atoms with Gasteiger partial charge in [-0.1, -0.05) is 62.4 Å². The van der Waals surface area contributed by atoms with Gasteiger partial charge in [0.25, 0.3) is 5.91 Å². The summed E-state index contributed by atoms with van der Waals surface area (Å²) in [6.45, 7) is 10.9. The van der Waals surface area contributed by atoms with E-state index < -0.39 is 14.1 Å². The Morgan fingerprint density at radius 3 is 2.07 bits per heavy atom. The summed E-state index contributed by atoms with van der Waals surface area (Å²) in [6.07, 6.45) is 0.820. The van der Waals surface area contributed by atoms with Crippen LogP contribution in [0.1, 0.15) is 42.2 Å². The van der Waals surface area contributed by atoms with Crippen molar-refractivity contribution in [3.05, 3.63) is 71.8 Å². The Morgan fingerprint density at radius 1 is 1.03 bits per heavy atom. The van der Waals surface area contributed by atoms with Crippen LogP contribution in [-0.4, -0.2) is 38.1 Å². The lowest BCUT2D eigenvalue weighted by atomic mass is 9.76. The third kappa shape index (κ3) is 4.32. The number of hydrogen-bond acceptors (Lipinski definition) is 3. The number of rotatable bonds is 7. The summed E-state index contributed by atoms with van der Waals surface area (Å²) < 4.78 is 12.9. The standard InChI is InChI=1S/C24H33NO3Si/c1-18(2)17-21-24(27-3,28-29(4,5)6)22(19-13-9-7-10-14-19)25(21)23(26)20-15-11-8-12-16-20/h7-16,18,21-22H,17H2,1-6H3/t21-,22+,24+/m0/s1. The fraction of sp³-hybridized carbons (Fsp3) is 0.458. The highest BCUT2D eigenvalue weighted by atomic mass is 28.4. The van der Waals surface area contributed by atoms with Crippen molar-refractivity contribution in [3.63, 3.8) is 0 Å². The Balaban J connectivity index is 2.11. The number of benzene rings is 2. The summed E-state index contributed by atoms with van der Waals surface area (Å²) >= 11 is 0. The van der Waals surface area contributed by atoms with E-state index in [4.69, 9.17) is 9.16 Å². The molecule has 1 aliphatic rings. The highest BCUT2D eigenvalue weighted by molar-refractivity contribution is 6.69. The normalized spacial score (nSPS) is 24.4. The predicted octanol–water partition coefficient (Wildman–Crippen LogP) is 5.49. The lowest BCUT2D eigenvalue weighted by molar-refractivity contribution is -0.312. The zero-order valence-electron chi connectivity index (χ0n) is 18.4. The molecule has 156 valence electrons. The van der Waals surface area contributed by atoms with E-state index in [9.17, 15) is 4.79 Å². The van der Waals surface area contributed by atoms with Gasteiger partial charge in [0, 0.05) is 12.7 Å². The van der Waals surface area contributed by atoms with Crippen LogP contribution in [0.3, 0.4) is 0 Å². The molecule has 1 saturated heterocycles. The first-order valence-corrected chi connectivity index (χ1v) is 13.8. The maximum Gasteiger partial charge on any atom is 0.254 e. The number of ether oxygens (including phenoxy) is 1. The minimum atomic E-state index is -1.96. The molecule has 1 amide bonds. The Hall–Kier alpha value is -1.95. The molecule has 29 heavy (non-hydrogen) atoms. The molecule has 4 nitrogen and oxygen atoms in total. The number of nitrogens with zero attached hydrogens (tertiary/aromatic N) is 1. The molecule has 3 atom stereocenters. The van der Waals surface area contributed by atoms with Crippen molar-refractivity contribution in [3.8, 4) is 0 Å². The SMILES string of the molecule is CO[C@@]1(O[Si](C)(C)C)[C@H](CC(C)C)N(C(=O)c2ccccc2)[C@@H]1c1ccccc1. The average Bonchev–Trinajstić information content (AvgIpc) is 2.68. The third-order valence-corrected chi connectivity index (χ3v) is 6.24. The van der Waals surface area contributed by atoms with E-state index in [1.54, 1.807) is 7.11 Å². The van der Waals surface area contributed by atoms with Crippen molar-refractivity contribution >= 4 is 14.2 Å². The number of amides is 1. The molecule has 0 aliphatic carbocycles. The van der Waals surface area contributed by atoms with E-state index in [2.05, 4.69) is 45.6 Å². The number of methoxy groups -OCH3 is 1. The van der Waals surface area contributed by atoms with Crippen LogP contribution < -0.4 is 0 Å². The maximum absolute atomic E-state index is 13.6. The highest BCUT2D eigenvalue weighted by Crippen LogP contribution is 2.54. The maximum atomic E-state index is 13.6. The van der Waals surface area contributed by atoms with E-state index in [0.717, 1.165) is 12.0 Å². The first-order valence-electron chi connectivity index (χ1n) is 10.4. The van der Waals surface area contributed by atoms with Crippen molar-refractivity contribution in [2.45, 2.75) is 57.8 Å².